The number of hydrogen-bond donors (Lipinski definition) is 1. The first-order chi connectivity index (χ1) is 10.2. The summed E-state index contributed by atoms with van der Waals surface area (Å²) in [5.74, 6) is 0.934. The molecule has 108 valence electrons. The van der Waals surface area contributed by atoms with Gasteiger partial charge in [0.2, 0.25) is 0 Å². The molecule has 3 rings (SSSR count). The molecule has 1 aromatic heterocycles. The average Bonchev–Trinajstić information content (AvgIpc) is 2.92. The second-order valence-electron chi connectivity index (χ2n) is 5.53. The van der Waals surface area contributed by atoms with Crippen LogP contribution in [0.3, 0.4) is 0 Å². The first kappa shape index (κ1) is 13.9. The van der Waals surface area contributed by atoms with Crippen LogP contribution in [0.5, 0.6) is 0 Å². The molecule has 2 aromatic carbocycles. The Morgan fingerprint density at radius 2 is 1.95 bits per heavy atom. The zero-order valence-electron chi connectivity index (χ0n) is 12.8. The highest BCUT2D eigenvalue weighted by atomic mass is 16.3. The quantitative estimate of drug-likeness (QED) is 0.720. The zero-order valence-corrected chi connectivity index (χ0v) is 12.8. The van der Waals surface area contributed by atoms with Gasteiger partial charge in [0, 0.05) is 17.0 Å². The lowest BCUT2D eigenvalue weighted by molar-refractivity contribution is 0.576. The van der Waals surface area contributed by atoms with Crippen molar-refractivity contribution in [2.75, 3.05) is 7.05 Å². The Kier molecular flexibility index (Phi) is 3.80. The van der Waals surface area contributed by atoms with Gasteiger partial charge in [-0.1, -0.05) is 36.8 Å². The van der Waals surface area contributed by atoms with E-state index >= 15 is 0 Å². The molecule has 1 heterocycles. The summed E-state index contributed by atoms with van der Waals surface area (Å²) in [6.07, 6.45) is 1.07. The van der Waals surface area contributed by atoms with E-state index in [0.29, 0.717) is 6.04 Å². The third kappa shape index (κ3) is 2.72. The van der Waals surface area contributed by atoms with Crippen molar-refractivity contribution < 1.29 is 4.42 Å². The number of furan rings is 1. The summed E-state index contributed by atoms with van der Waals surface area (Å²) in [6, 6.07) is 17.4. The third-order valence-corrected chi connectivity index (χ3v) is 4.00. The molecule has 0 saturated heterocycles. The molecule has 0 fully saturated rings. The Bertz CT molecular complexity index is 753. The molecule has 0 radical (unpaired) electrons. The minimum absolute atomic E-state index is 0.386. The van der Waals surface area contributed by atoms with Crippen LogP contribution in [0.4, 0.5) is 0 Å². The van der Waals surface area contributed by atoms with Crippen molar-refractivity contribution in [3.05, 3.63) is 59.7 Å². The lowest BCUT2D eigenvalue weighted by Gasteiger charge is -2.14. The smallest absolute Gasteiger partial charge is 0.135 e. The van der Waals surface area contributed by atoms with Gasteiger partial charge in [0.15, 0.2) is 0 Å². The Morgan fingerprint density at radius 1 is 1.10 bits per heavy atom. The zero-order chi connectivity index (χ0) is 14.8. The summed E-state index contributed by atoms with van der Waals surface area (Å²) in [7, 11) is 2.00. The molecule has 1 atom stereocenters. The topological polar surface area (TPSA) is 25.2 Å². The van der Waals surface area contributed by atoms with Gasteiger partial charge in [0.05, 0.1) is 0 Å². The summed E-state index contributed by atoms with van der Waals surface area (Å²) >= 11 is 0. The van der Waals surface area contributed by atoms with E-state index in [2.05, 4.69) is 61.6 Å². The van der Waals surface area contributed by atoms with Crippen LogP contribution in [0.25, 0.3) is 22.3 Å². The molecule has 1 unspecified atom stereocenters. The molecule has 0 aliphatic rings. The van der Waals surface area contributed by atoms with Crippen molar-refractivity contribution in [2.24, 2.45) is 0 Å². The molecule has 0 saturated carbocycles. The maximum Gasteiger partial charge on any atom is 0.135 e. The van der Waals surface area contributed by atoms with Gasteiger partial charge >= 0.3 is 0 Å². The van der Waals surface area contributed by atoms with Crippen LogP contribution in [-0.2, 0) is 0 Å². The van der Waals surface area contributed by atoms with E-state index in [1.165, 1.54) is 11.1 Å². The number of aryl methyl sites for hydroxylation is 1. The van der Waals surface area contributed by atoms with Crippen molar-refractivity contribution in [3.63, 3.8) is 0 Å². The normalized spacial score (nSPS) is 12.7. The molecule has 0 spiro atoms. The van der Waals surface area contributed by atoms with Crippen LogP contribution in [0.15, 0.2) is 52.9 Å². The van der Waals surface area contributed by atoms with E-state index in [4.69, 9.17) is 4.42 Å². The van der Waals surface area contributed by atoms with Crippen LogP contribution >= 0.6 is 0 Å². The molecule has 0 aliphatic heterocycles. The SMILES string of the molecule is CCC(NC)c1cccc(-c2cc3cc(C)ccc3o2)c1. The van der Waals surface area contributed by atoms with Crippen molar-refractivity contribution in [2.45, 2.75) is 26.3 Å². The van der Waals surface area contributed by atoms with Crippen LogP contribution in [0.1, 0.15) is 30.5 Å². The Hall–Kier alpha value is -2.06. The molecule has 0 aliphatic carbocycles. The molecule has 2 heteroatoms. The van der Waals surface area contributed by atoms with E-state index in [0.717, 1.165) is 28.7 Å². The third-order valence-electron chi connectivity index (χ3n) is 4.00. The van der Waals surface area contributed by atoms with Gasteiger partial charge in [0.25, 0.3) is 0 Å². The fraction of sp³-hybridized carbons (Fsp3) is 0.263. The Morgan fingerprint density at radius 3 is 2.71 bits per heavy atom. The van der Waals surface area contributed by atoms with Crippen molar-refractivity contribution in [1.29, 1.82) is 0 Å². The monoisotopic (exact) mass is 279 g/mol. The average molecular weight is 279 g/mol. The van der Waals surface area contributed by atoms with Crippen molar-refractivity contribution in [3.8, 4) is 11.3 Å². The number of benzene rings is 2. The van der Waals surface area contributed by atoms with Crippen LogP contribution in [0, 0.1) is 6.92 Å². The first-order valence-electron chi connectivity index (χ1n) is 7.49. The molecule has 21 heavy (non-hydrogen) atoms. The number of hydrogen-bond acceptors (Lipinski definition) is 2. The number of nitrogens with one attached hydrogen (secondary N) is 1. The summed E-state index contributed by atoms with van der Waals surface area (Å²) in [6.45, 7) is 4.29. The maximum absolute atomic E-state index is 5.99. The fourth-order valence-electron chi connectivity index (χ4n) is 2.82. The van der Waals surface area contributed by atoms with E-state index in [1.54, 1.807) is 0 Å². The second kappa shape index (κ2) is 5.74. The molecule has 0 bridgehead atoms. The summed E-state index contributed by atoms with van der Waals surface area (Å²) in [5, 5.41) is 4.51. The maximum atomic E-state index is 5.99. The summed E-state index contributed by atoms with van der Waals surface area (Å²) in [5.41, 5.74) is 4.63. The van der Waals surface area contributed by atoms with Gasteiger partial charge < -0.3 is 9.73 Å². The summed E-state index contributed by atoms with van der Waals surface area (Å²) in [4.78, 5) is 0. The van der Waals surface area contributed by atoms with E-state index in [-0.39, 0.29) is 0 Å². The highest BCUT2D eigenvalue weighted by Crippen LogP contribution is 2.30. The molecule has 0 amide bonds. The van der Waals surface area contributed by atoms with Gasteiger partial charge in [-0.2, -0.15) is 0 Å². The molecular weight excluding hydrogens is 258 g/mol. The van der Waals surface area contributed by atoms with E-state index < -0.39 is 0 Å². The Balaban J connectivity index is 2.03. The highest BCUT2D eigenvalue weighted by Gasteiger charge is 2.10. The van der Waals surface area contributed by atoms with Crippen molar-refractivity contribution in [1.82, 2.24) is 5.32 Å². The van der Waals surface area contributed by atoms with Crippen LogP contribution in [0.2, 0.25) is 0 Å². The molecule has 1 N–H and O–H groups in total. The standard InChI is InChI=1S/C19H21NO/c1-4-17(20-3)14-6-5-7-15(11-14)19-12-16-10-13(2)8-9-18(16)21-19/h5-12,17,20H,4H2,1-3H3. The minimum atomic E-state index is 0.386. The molecule has 3 aromatic rings. The Labute approximate surface area is 125 Å². The number of rotatable bonds is 4. The predicted octanol–water partition coefficient (Wildman–Crippen LogP) is 5.08. The van der Waals surface area contributed by atoms with Crippen LogP contribution in [-0.4, -0.2) is 7.05 Å². The predicted molar refractivity (Wildman–Crippen MR) is 88.5 cm³/mol. The summed E-state index contributed by atoms with van der Waals surface area (Å²) < 4.78 is 5.99. The molecule has 2 nitrogen and oxygen atoms in total. The first-order valence-corrected chi connectivity index (χ1v) is 7.49. The number of fused-ring (bicyclic) bond motifs is 1. The van der Waals surface area contributed by atoms with Crippen molar-refractivity contribution >= 4 is 11.0 Å². The fourth-order valence-corrected chi connectivity index (χ4v) is 2.82. The van der Waals surface area contributed by atoms with Gasteiger partial charge in [-0.15, -0.1) is 0 Å². The molecular formula is C19H21NO. The highest BCUT2D eigenvalue weighted by molar-refractivity contribution is 5.83. The van der Waals surface area contributed by atoms with Gasteiger partial charge in [-0.25, -0.2) is 0 Å². The van der Waals surface area contributed by atoms with Crippen LogP contribution < -0.4 is 5.32 Å². The van der Waals surface area contributed by atoms with Gasteiger partial charge in [0.1, 0.15) is 11.3 Å². The van der Waals surface area contributed by atoms with E-state index in [9.17, 15) is 0 Å². The lowest BCUT2D eigenvalue weighted by Crippen LogP contribution is -2.14. The second-order valence-corrected chi connectivity index (χ2v) is 5.53. The van der Waals surface area contributed by atoms with Gasteiger partial charge in [-0.3, -0.25) is 0 Å². The minimum Gasteiger partial charge on any atom is -0.456 e. The van der Waals surface area contributed by atoms with Gasteiger partial charge in [-0.05, 0) is 50.2 Å². The lowest BCUT2D eigenvalue weighted by atomic mass is 10.0. The largest absolute Gasteiger partial charge is 0.456 e. The van der Waals surface area contributed by atoms with E-state index in [1.807, 2.05) is 13.1 Å².